The lowest BCUT2D eigenvalue weighted by molar-refractivity contribution is -0.192. The van der Waals surface area contributed by atoms with Crippen LogP contribution in [0.4, 0.5) is 18.9 Å². The minimum absolute atomic E-state index is 0.111. The lowest BCUT2D eigenvalue weighted by atomic mass is 9.85. The third kappa shape index (κ3) is 5.10. The molecule has 0 bridgehead atoms. The van der Waals surface area contributed by atoms with Crippen LogP contribution in [0.2, 0.25) is 0 Å². The van der Waals surface area contributed by atoms with Gasteiger partial charge in [-0.15, -0.1) is 0 Å². The van der Waals surface area contributed by atoms with Crippen molar-refractivity contribution in [2.24, 2.45) is 5.92 Å². The van der Waals surface area contributed by atoms with Crippen LogP contribution in [-0.4, -0.2) is 53.2 Å². The fourth-order valence-corrected chi connectivity index (χ4v) is 4.33. The van der Waals surface area contributed by atoms with Crippen molar-refractivity contribution in [1.29, 1.82) is 0 Å². The summed E-state index contributed by atoms with van der Waals surface area (Å²) in [4.78, 5) is 26.4. The minimum Gasteiger partial charge on any atom is -0.475 e. The molecule has 8 heteroatoms. The first-order valence-electron chi connectivity index (χ1n) is 10.0. The van der Waals surface area contributed by atoms with Gasteiger partial charge in [0, 0.05) is 30.7 Å². The Morgan fingerprint density at radius 1 is 1.24 bits per heavy atom. The van der Waals surface area contributed by atoms with E-state index in [1.165, 1.54) is 50.8 Å². The molecule has 160 valence electrons. The van der Waals surface area contributed by atoms with Crippen LogP contribution in [0.5, 0.6) is 0 Å². The van der Waals surface area contributed by atoms with Gasteiger partial charge in [0.1, 0.15) is 0 Å². The monoisotopic (exact) mass is 412 g/mol. The summed E-state index contributed by atoms with van der Waals surface area (Å²) >= 11 is 0. The molecule has 2 saturated heterocycles. The molecule has 1 saturated carbocycles. The van der Waals surface area contributed by atoms with Crippen LogP contribution < -0.4 is 4.90 Å². The number of carbonyl (C=O) groups is 2. The number of para-hydroxylation sites is 1. The van der Waals surface area contributed by atoms with Crippen LogP contribution in [0.3, 0.4) is 0 Å². The molecule has 1 N–H and O–H groups in total. The van der Waals surface area contributed by atoms with Crippen molar-refractivity contribution >= 4 is 17.6 Å². The average Bonchev–Trinajstić information content (AvgIpc) is 3.40. The predicted molar refractivity (Wildman–Crippen MR) is 103 cm³/mol. The maximum Gasteiger partial charge on any atom is 0.490 e. The summed E-state index contributed by atoms with van der Waals surface area (Å²) < 4.78 is 31.7. The van der Waals surface area contributed by atoms with Crippen molar-refractivity contribution in [1.82, 2.24) is 4.90 Å². The summed E-state index contributed by atoms with van der Waals surface area (Å²) in [5.41, 5.74) is 2.43. The molecule has 1 amide bonds. The maximum atomic E-state index is 12.7. The van der Waals surface area contributed by atoms with Gasteiger partial charge in [0.25, 0.3) is 0 Å². The van der Waals surface area contributed by atoms with Crippen LogP contribution in [0.1, 0.15) is 44.1 Å². The lowest BCUT2D eigenvalue weighted by Gasteiger charge is -2.44. The summed E-state index contributed by atoms with van der Waals surface area (Å²) in [5.74, 6) is -1.54. The van der Waals surface area contributed by atoms with Crippen molar-refractivity contribution < 1.29 is 27.9 Å². The highest BCUT2D eigenvalue weighted by atomic mass is 19.4. The number of anilines is 1. The van der Waals surface area contributed by atoms with Crippen molar-refractivity contribution in [3.8, 4) is 0 Å². The van der Waals surface area contributed by atoms with Gasteiger partial charge in [-0.05, 0) is 56.7 Å². The van der Waals surface area contributed by atoms with E-state index in [0.29, 0.717) is 12.3 Å². The van der Waals surface area contributed by atoms with Crippen LogP contribution in [0.25, 0.3) is 0 Å². The molecule has 2 aliphatic heterocycles. The molecule has 1 aromatic carbocycles. The molecule has 29 heavy (non-hydrogen) atoms. The Morgan fingerprint density at radius 2 is 1.90 bits per heavy atom. The van der Waals surface area contributed by atoms with Crippen molar-refractivity contribution in [2.45, 2.75) is 57.2 Å². The Morgan fingerprint density at radius 3 is 2.48 bits per heavy atom. The van der Waals surface area contributed by atoms with E-state index in [1.54, 1.807) is 0 Å². The number of aryl methyl sites for hydroxylation is 1. The van der Waals surface area contributed by atoms with Gasteiger partial charge in [-0.25, -0.2) is 4.79 Å². The predicted octanol–water partition coefficient (Wildman–Crippen LogP) is 4.00. The largest absolute Gasteiger partial charge is 0.490 e. The van der Waals surface area contributed by atoms with Gasteiger partial charge in [0.15, 0.2) is 0 Å². The highest BCUT2D eigenvalue weighted by molar-refractivity contribution is 5.97. The first kappa shape index (κ1) is 21.6. The molecule has 3 aliphatic rings. The Bertz CT molecular complexity index is 764. The topological polar surface area (TPSA) is 60.9 Å². The number of hydrogen-bond donors (Lipinski definition) is 1. The zero-order chi connectivity index (χ0) is 21.2. The molecule has 2 heterocycles. The Kier molecular flexibility index (Phi) is 6.22. The molecule has 1 aromatic rings. The smallest absolute Gasteiger partial charge is 0.475 e. The van der Waals surface area contributed by atoms with Gasteiger partial charge in [0.2, 0.25) is 5.91 Å². The van der Waals surface area contributed by atoms with Crippen LogP contribution in [0, 0.1) is 12.8 Å². The number of halogens is 3. The summed E-state index contributed by atoms with van der Waals surface area (Å²) in [6.45, 7) is 5.40. The number of aliphatic carboxylic acids is 1. The zero-order valence-corrected chi connectivity index (χ0v) is 16.5. The third-order valence-corrected chi connectivity index (χ3v) is 6.05. The second-order valence-electron chi connectivity index (χ2n) is 8.32. The number of hydrogen-bond acceptors (Lipinski definition) is 3. The quantitative estimate of drug-likeness (QED) is 0.815. The Balaban J connectivity index is 0.000000298. The number of amides is 1. The number of alkyl halides is 3. The van der Waals surface area contributed by atoms with E-state index >= 15 is 0 Å². The number of piperidine rings is 1. The lowest BCUT2D eigenvalue weighted by Crippen LogP contribution is -2.54. The number of benzene rings is 1. The van der Waals surface area contributed by atoms with Gasteiger partial charge < -0.3 is 10.0 Å². The Hall–Kier alpha value is -2.09. The number of rotatable bonds is 3. The van der Waals surface area contributed by atoms with Gasteiger partial charge in [-0.3, -0.25) is 9.69 Å². The first-order chi connectivity index (χ1) is 13.6. The fraction of sp³-hybridized carbons (Fsp3) is 0.619. The molecule has 1 spiro atoms. The number of carboxylic acids is 1. The van der Waals surface area contributed by atoms with Crippen LogP contribution >= 0.6 is 0 Å². The molecule has 3 fully saturated rings. The van der Waals surface area contributed by atoms with Gasteiger partial charge >= 0.3 is 12.1 Å². The fourth-order valence-electron chi connectivity index (χ4n) is 4.33. The van der Waals surface area contributed by atoms with E-state index in [1.807, 2.05) is 6.07 Å². The van der Waals surface area contributed by atoms with Crippen molar-refractivity contribution in [3.63, 3.8) is 0 Å². The van der Waals surface area contributed by atoms with E-state index in [4.69, 9.17) is 9.90 Å². The first-order valence-corrected chi connectivity index (χ1v) is 10.0. The number of nitrogens with zero attached hydrogens (tertiary/aromatic N) is 2. The zero-order valence-electron chi connectivity index (χ0n) is 16.5. The third-order valence-electron chi connectivity index (χ3n) is 6.05. The molecule has 5 nitrogen and oxygen atoms in total. The van der Waals surface area contributed by atoms with E-state index in [-0.39, 0.29) is 5.54 Å². The average molecular weight is 412 g/mol. The van der Waals surface area contributed by atoms with Gasteiger partial charge in [-0.1, -0.05) is 24.6 Å². The molecule has 1 unspecified atom stereocenters. The van der Waals surface area contributed by atoms with E-state index in [9.17, 15) is 18.0 Å². The van der Waals surface area contributed by atoms with E-state index in [2.05, 4.69) is 34.9 Å². The minimum atomic E-state index is -5.08. The maximum absolute atomic E-state index is 12.7. The second kappa shape index (κ2) is 8.34. The molecule has 1 aliphatic carbocycles. The summed E-state index contributed by atoms with van der Waals surface area (Å²) in [6, 6.07) is 8.30. The highest BCUT2D eigenvalue weighted by Gasteiger charge is 2.49. The number of likely N-dealkylation sites (tertiary alicyclic amines) is 1. The molecular formula is C21H27F3N2O3. The SMILES string of the molecule is Cc1ccccc1N1CC2(CCCCN2CC2CC2)CC1=O.O=C(O)C(F)(F)F. The van der Waals surface area contributed by atoms with Crippen LogP contribution in [0.15, 0.2) is 24.3 Å². The van der Waals surface area contributed by atoms with E-state index < -0.39 is 12.1 Å². The van der Waals surface area contributed by atoms with Crippen molar-refractivity contribution in [3.05, 3.63) is 29.8 Å². The highest BCUT2D eigenvalue weighted by Crippen LogP contribution is 2.42. The number of carbonyl (C=O) groups excluding carboxylic acids is 1. The molecule has 4 rings (SSSR count). The van der Waals surface area contributed by atoms with Crippen LogP contribution in [-0.2, 0) is 9.59 Å². The van der Waals surface area contributed by atoms with Gasteiger partial charge in [-0.2, -0.15) is 13.2 Å². The molecule has 0 aromatic heterocycles. The second-order valence-corrected chi connectivity index (χ2v) is 8.32. The summed E-state index contributed by atoms with van der Waals surface area (Å²) in [6.07, 6.45) is 2.18. The summed E-state index contributed by atoms with van der Waals surface area (Å²) in [7, 11) is 0. The molecular weight excluding hydrogens is 385 g/mol. The van der Waals surface area contributed by atoms with Crippen molar-refractivity contribution in [2.75, 3.05) is 24.5 Å². The Labute approximate surface area is 168 Å². The normalized spacial score (nSPS) is 25.1. The van der Waals surface area contributed by atoms with Gasteiger partial charge in [0.05, 0.1) is 0 Å². The van der Waals surface area contributed by atoms with E-state index in [0.717, 1.165) is 18.2 Å². The summed E-state index contributed by atoms with van der Waals surface area (Å²) in [5, 5.41) is 7.12. The molecule has 0 radical (unpaired) electrons. The standard InChI is InChI=1S/C19H26N2O.C2HF3O2/c1-15-6-2-3-7-17(15)21-14-19(12-18(21)22)10-4-5-11-20(19)13-16-8-9-16;3-2(4,5)1(6)7/h2-3,6-7,16H,4-5,8-14H2,1H3;(H,6,7). The molecule has 1 atom stereocenters. The number of carboxylic acid groups (broad SMARTS) is 1.